The van der Waals surface area contributed by atoms with Crippen LogP contribution in [0.3, 0.4) is 0 Å². The minimum atomic E-state index is -0.466. The molecule has 0 saturated carbocycles. The molecule has 92 valence electrons. The molecule has 0 bridgehead atoms. The molecule has 0 spiro atoms. The maximum absolute atomic E-state index is 10.5. The molecule has 1 atom stereocenters. The third-order valence-corrected chi connectivity index (χ3v) is 3.22. The number of aromatic nitrogens is 1. The van der Waals surface area contributed by atoms with Crippen molar-refractivity contribution in [2.24, 2.45) is 5.92 Å². The van der Waals surface area contributed by atoms with Crippen LogP contribution in [0.1, 0.15) is 6.42 Å². The van der Waals surface area contributed by atoms with E-state index in [0.29, 0.717) is 16.2 Å². The number of anilines is 1. The molecule has 2 rings (SSSR count). The number of nitrogens with zero attached hydrogens (tertiary/aromatic N) is 2. The highest BCUT2D eigenvalue weighted by Crippen LogP contribution is 2.25. The Morgan fingerprint density at radius 2 is 2.53 bits per heavy atom. The van der Waals surface area contributed by atoms with Gasteiger partial charge < -0.3 is 10.1 Å². The van der Waals surface area contributed by atoms with Crippen LogP contribution in [0.5, 0.6) is 0 Å². The van der Waals surface area contributed by atoms with Crippen molar-refractivity contribution in [3.8, 4) is 0 Å². The molecule has 0 radical (unpaired) electrons. The monoisotopic (exact) mass is 301 g/mol. The van der Waals surface area contributed by atoms with Crippen LogP contribution in [0, 0.1) is 16.0 Å². The van der Waals surface area contributed by atoms with Gasteiger partial charge in [-0.1, -0.05) is 0 Å². The van der Waals surface area contributed by atoms with E-state index < -0.39 is 4.92 Å². The lowest BCUT2D eigenvalue weighted by atomic mass is 10.1. The average Bonchev–Trinajstić information content (AvgIpc) is 2.80. The Hall–Kier alpha value is -1.21. The van der Waals surface area contributed by atoms with Crippen molar-refractivity contribution in [3.05, 3.63) is 26.9 Å². The van der Waals surface area contributed by atoms with Gasteiger partial charge in [0.2, 0.25) is 0 Å². The SMILES string of the molecule is O=[N+]([O-])c1cnc(NCC2CCOC2)c(Br)c1. The highest BCUT2D eigenvalue weighted by molar-refractivity contribution is 9.10. The molecule has 0 amide bonds. The summed E-state index contributed by atoms with van der Waals surface area (Å²) in [6.45, 7) is 2.34. The van der Waals surface area contributed by atoms with E-state index in [1.807, 2.05) is 0 Å². The van der Waals surface area contributed by atoms with Crippen LogP contribution in [0.2, 0.25) is 0 Å². The molecule has 6 nitrogen and oxygen atoms in total. The van der Waals surface area contributed by atoms with Crippen molar-refractivity contribution in [1.29, 1.82) is 0 Å². The van der Waals surface area contributed by atoms with Crippen LogP contribution in [-0.2, 0) is 4.74 Å². The molecule has 1 unspecified atom stereocenters. The molecule has 1 N–H and O–H groups in total. The first-order valence-corrected chi connectivity index (χ1v) is 6.07. The summed E-state index contributed by atoms with van der Waals surface area (Å²) >= 11 is 3.26. The molecule has 1 aromatic rings. The van der Waals surface area contributed by atoms with Gasteiger partial charge in [0.25, 0.3) is 5.69 Å². The number of pyridine rings is 1. The Bertz CT molecular complexity index is 421. The fourth-order valence-corrected chi connectivity index (χ4v) is 2.12. The zero-order valence-corrected chi connectivity index (χ0v) is 10.6. The van der Waals surface area contributed by atoms with Crippen molar-refractivity contribution in [2.75, 3.05) is 25.1 Å². The zero-order chi connectivity index (χ0) is 12.3. The molecular formula is C10H12BrN3O3. The van der Waals surface area contributed by atoms with Crippen LogP contribution in [-0.4, -0.2) is 29.7 Å². The summed E-state index contributed by atoms with van der Waals surface area (Å²) in [5.74, 6) is 1.11. The first kappa shape index (κ1) is 12.3. The second kappa shape index (κ2) is 5.42. The number of hydrogen-bond donors (Lipinski definition) is 1. The predicted octanol–water partition coefficient (Wildman–Crippen LogP) is 2.20. The van der Waals surface area contributed by atoms with Crippen LogP contribution in [0.4, 0.5) is 11.5 Å². The molecule has 1 fully saturated rings. The average molecular weight is 302 g/mol. The van der Waals surface area contributed by atoms with E-state index >= 15 is 0 Å². The van der Waals surface area contributed by atoms with Crippen LogP contribution < -0.4 is 5.32 Å². The Labute approximate surface area is 107 Å². The van der Waals surface area contributed by atoms with E-state index in [-0.39, 0.29) is 5.69 Å². The molecule has 17 heavy (non-hydrogen) atoms. The molecule has 2 heterocycles. The second-order valence-electron chi connectivity index (χ2n) is 3.89. The Kier molecular flexibility index (Phi) is 3.90. The summed E-state index contributed by atoms with van der Waals surface area (Å²) < 4.78 is 5.87. The van der Waals surface area contributed by atoms with Gasteiger partial charge in [-0.15, -0.1) is 0 Å². The fraction of sp³-hybridized carbons (Fsp3) is 0.500. The molecule has 1 aromatic heterocycles. The van der Waals surface area contributed by atoms with Crippen molar-refractivity contribution in [1.82, 2.24) is 4.98 Å². The molecule has 7 heteroatoms. The topological polar surface area (TPSA) is 77.3 Å². The van der Waals surface area contributed by atoms with E-state index in [0.717, 1.165) is 26.2 Å². The number of rotatable bonds is 4. The molecule has 1 saturated heterocycles. The smallest absolute Gasteiger partial charge is 0.288 e. The predicted molar refractivity (Wildman–Crippen MR) is 66.0 cm³/mol. The third kappa shape index (κ3) is 3.13. The zero-order valence-electron chi connectivity index (χ0n) is 9.06. The van der Waals surface area contributed by atoms with Gasteiger partial charge in [-0.05, 0) is 22.4 Å². The van der Waals surface area contributed by atoms with Gasteiger partial charge in [0, 0.05) is 25.1 Å². The Morgan fingerprint density at radius 1 is 1.71 bits per heavy atom. The highest BCUT2D eigenvalue weighted by Gasteiger charge is 2.16. The van der Waals surface area contributed by atoms with E-state index in [1.165, 1.54) is 12.3 Å². The number of nitrogens with one attached hydrogen (secondary N) is 1. The van der Waals surface area contributed by atoms with Gasteiger partial charge in [0.05, 0.1) is 16.0 Å². The first-order chi connectivity index (χ1) is 8.16. The van der Waals surface area contributed by atoms with Crippen molar-refractivity contribution in [2.45, 2.75) is 6.42 Å². The quantitative estimate of drug-likeness (QED) is 0.681. The van der Waals surface area contributed by atoms with Gasteiger partial charge >= 0.3 is 0 Å². The lowest BCUT2D eigenvalue weighted by Gasteiger charge is -2.10. The molecule has 1 aliphatic rings. The largest absolute Gasteiger partial charge is 0.381 e. The van der Waals surface area contributed by atoms with Crippen LogP contribution in [0.25, 0.3) is 0 Å². The van der Waals surface area contributed by atoms with Crippen molar-refractivity contribution < 1.29 is 9.66 Å². The number of halogens is 1. The standard InChI is InChI=1S/C10H12BrN3O3/c11-9-3-8(14(15)16)5-13-10(9)12-4-7-1-2-17-6-7/h3,5,7H,1-2,4,6H2,(H,12,13). The van der Waals surface area contributed by atoms with Gasteiger partial charge in [-0.3, -0.25) is 10.1 Å². The number of hydrogen-bond acceptors (Lipinski definition) is 5. The van der Waals surface area contributed by atoms with E-state index in [1.54, 1.807) is 0 Å². The number of ether oxygens (including phenoxy) is 1. The van der Waals surface area contributed by atoms with Crippen LogP contribution in [0.15, 0.2) is 16.7 Å². The Morgan fingerprint density at radius 3 is 3.12 bits per heavy atom. The van der Waals surface area contributed by atoms with Crippen molar-refractivity contribution >= 4 is 27.4 Å². The third-order valence-electron chi connectivity index (χ3n) is 2.62. The summed E-state index contributed by atoms with van der Waals surface area (Å²) in [4.78, 5) is 14.1. The molecule has 0 aliphatic carbocycles. The summed E-state index contributed by atoms with van der Waals surface area (Å²) in [5.41, 5.74) is -0.0216. The first-order valence-electron chi connectivity index (χ1n) is 5.28. The minimum absolute atomic E-state index is 0.0216. The Balaban J connectivity index is 1.98. The fourth-order valence-electron chi connectivity index (χ4n) is 1.64. The van der Waals surface area contributed by atoms with Gasteiger partial charge in [0.15, 0.2) is 0 Å². The maximum Gasteiger partial charge on any atom is 0.288 e. The summed E-state index contributed by atoms with van der Waals surface area (Å²) in [6, 6.07) is 1.44. The number of nitro groups is 1. The van der Waals surface area contributed by atoms with E-state index in [9.17, 15) is 10.1 Å². The van der Waals surface area contributed by atoms with Gasteiger partial charge in [-0.2, -0.15) is 0 Å². The van der Waals surface area contributed by atoms with Gasteiger partial charge in [-0.25, -0.2) is 4.98 Å². The highest BCUT2D eigenvalue weighted by atomic mass is 79.9. The van der Waals surface area contributed by atoms with E-state index in [4.69, 9.17) is 4.74 Å². The lowest BCUT2D eigenvalue weighted by Crippen LogP contribution is -2.15. The second-order valence-corrected chi connectivity index (χ2v) is 4.75. The van der Waals surface area contributed by atoms with E-state index in [2.05, 4.69) is 26.2 Å². The normalized spacial score (nSPS) is 19.2. The summed E-state index contributed by atoms with van der Waals surface area (Å²) in [6.07, 6.45) is 2.29. The van der Waals surface area contributed by atoms with Gasteiger partial charge in [0.1, 0.15) is 12.0 Å². The summed E-state index contributed by atoms with van der Waals surface area (Å²) in [5, 5.41) is 13.7. The molecular weight excluding hydrogens is 290 g/mol. The minimum Gasteiger partial charge on any atom is -0.381 e. The maximum atomic E-state index is 10.5. The lowest BCUT2D eigenvalue weighted by molar-refractivity contribution is -0.385. The molecule has 0 aromatic carbocycles. The molecule has 1 aliphatic heterocycles. The van der Waals surface area contributed by atoms with Crippen molar-refractivity contribution in [3.63, 3.8) is 0 Å². The van der Waals surface area contributed by atoms with Crippen LogP contribution >= 0.6 is 15.9 Å². The summed E-state index contributed by atoms with van der Waals surface area (Å²) in [7, 11) is 0.